The molecule has 0 spiro atoms. The van der Waals surface area contributed by atoms with Crippen molar-refractivity contribution in [3.05, 3.63) is 0 Å². The molecule has 0 saturated carbocycles. The molecule has 0 radical (unpaired) electrons. The fourth-order valence-electron chi connectivity index (χ4n) is 2.49. The second-order valence-electron chi connectivity index (χ2n) is 6.21. The predicted octanol–water partition coefficient (Wildman–Crippen LogP) is 0.563. The fraction of sp³-hybridized carbons (Fsp3) is 0.941. The Hall–Kier alpha value is -0.890. The van der Waals surface area contributed by atoms with Crippen molar-refractivity contribution in [3.8, 4) is 0 Å². The molecule has 1 aliphatic rings. The number of ether oxygens (including phenoxy) is 3. The first-order chi connectivity index (χ1) is 11.8. The maximum absolute atomic E-state index is 5.76. The molecule has 7 nitrogen and oxygen atoms in total. The SMILES string of the molecule is CN=C(NCCCOCC1CCOCC1)NCCN(C)CCOC. The Morgan fingerprint density at radius 3 is 2.62 bits per heavy atom. The zero-order chi connectivity index (χ0) is 17.5. The zero-order valence-electron chi connectivity index (χ0n) is 15.7. The third-order valence-corrected chi connectivity index (χ3v) is 4.14. The van der Waals surface area contributed by atoms with Gasteiger partial charge in [0.15, 0.2) is 5.96 Å². The maximum Gasteiger partial charge on any atom is 0.191 e. The van der Waals surface area contributed by atoms with E-state index in [1.165, 1.54) is 0 Å². The van der Waals surface area contributed by atoms with Gasteiger partial charge in [-0.25, -0.2) is 0 Å². The van der Waals surface area contributed by atoms with Crippen LogP contribution in [-0.4, -0.2) is 91.3 Å². The molecule has 1 rings (SSSR count). The molecule has 1 saturated heterocycles. The van der Waals surface area contributed by atoms with Crippen molar-refractivity contribution in [2.24, 2.45) is 10.9 Å². The first-order valence-electron chi connectivity index (χ1n) is 9.03. The van der Waals surface area contributed by atoms with Crippen LogP contribution in [0.5, 0.6) is 0 Å². The van der Waals surface area contributed by atoms with E-state index in [4.69, 9.17) is 14.2 Å². The van der Waals surface area contributed by atoms with Gasteiger partial charge in [-0.05, 0) is 32.2 Å². The number of aliphatic imine (C=N–C) groups is 1. The Morgan fingerprint density at radius 1 is 1.17 bits per heavy atom. The molecule has 0 aromatic carbocycles. The Bertz CT molecular complexity index is 323. The van der Waals surface area contributed by atoms with E-state index in [9.17, 15) is 0 Å². The number of nitrogens with zero attached hydrogens (tertiary/aromatic N) is 2. The molecule has 7 heteroatoms. The molecular weight excluding hydrogens is 308 g/mol. The maximum atomic E-state index is 5.76. The van der Waals surface area contributed by atoms with Gasteiger partial charge in [-0.15, -0.1) is 0 Å². The van der Waals surface area contributed by atoms with E-state index in [-0.39, 0.29) is 0 Å². The lowest BCUT2D eigenvalue weighted by atomic mass is 10.0. The van der Waals surface area contributed by atoms with Gasteiger partial charge in [0.05, 0.1) is 6.61 Å². The van der Waals surface area contributed by atoms with Crippen LogP contribution < -0.4 is 10.6 Å². The summed E-state index contributed by atoms with van der Waals surface area (Å²) in [5, 5.41) is 6.64. The lowest BCUT2D eigenvalue weighted by molar-refractivity contribution is 0.0203. The first kappa shape index (κ1) is 21.2. The van der Waals surface area contributed by atoms with Gasteiger partial charge in [0.25, 0.3) is 0 Å². The number of hydrogen-bond acceptors (Lipinski definition) is 5. The van der Waals surface area contributed by atoms with E-state index in [0.29, 0.717) is 5.92 Å². The van der Waals surface area contributed by atoms with Gasteiger partial charge in [0.1, 0.15) is 0 Å². The van der Waals surface area contributed by atoms with Crippen molar-refractivity contribution in [2.45, 2.75) is 19.3 Å². The molecule has 0 bridgehead atoms. The summed E-state index contributed by atoms with van der Waals surface area (Å²) in [6.07, 6.45) is 3.25. The van der Waals surface area contributed by atoms with Gasteiger partial charge in [0.2, 0.25) is 0 Å². The summed E-state index contributed by atoms with van der Waals surface area (Å²) >= 11 is 0. The largest absolute Gasteiger partial charge is 0.383 e. The Labute approximate surface area is 147 Å². The standard InChI is InChI=1S/C17H36N4O3/c1-18-17(20-8-9-21(2)10-14-22-3)19-7-4-11-24-15-16-5-12-23-13-6-16/h16H,4-15H2,1-3H3,(H2,18,19,20). The van der Waals surface area contributed by atoms with Crippen LogP contribution >= 0.6 is 0 Å². The zero-order valence-corrected chi connectivity index (χ0v) is 15.7. The second-order valence-corrected chi connectivity index (χ2v) is 6.21. The van der Waals surface area contributed by atoms with E-state index >= 15 is 0 Å². The molecule has 142 valence electrons. The molecule has 0 unspecified atom stereocenters. The van der Waals surface area contributed by atoms with Crippen molar-refractivity contribution >= 4 is 5.96 Å². The van der Waals surface area contributed by atoms with Gasteiger partial charge in [0, 0.05) is 66.8 Å². The predicted molar refractivity (Wildman–Crippen MR) is 97.7 cm³/mol. The lowest BCUT2D eigenvalue weighted by Gasteiger charge is -2.21. The van der Waals surface area contributed by atoms with Crippen LogP contribution in [0.1, 0.15) is 19.3 Å². The minimum absolute atomic E-state index is 0.677. The summed E-state index contributed by atoms with van der Waals surface area (Å²) in [6, 6.07) is 0. The van der Waals surface area contributed by atoms with Gasteiger partial charge in [-0.2, -0.15) is 0 Å². The molecule has 0 atom stereocenters. The van der Waals surface area contributed by atoms with Crippen LogP contribution in [0.4, 0.5) is 0 Å². The number of nitrogens with one attached hydrogen (secondary N) is 2. The van der Waals surface area contributed by atoms with Gasteiger partial charge in [-0.3, -0.25) is 4.99 Å². The fourth-order valence-corrected chi connectivity index (χ4v) is 2.49. The number of likely N-dealkylation sites (N-methyl/N-ethyl adjacent to an activating group) is 1. The highest BCUT2D eigenvalue weighted by Crippen LogP contribution is 2.14. The summed E-state index contributed by atoms with van der Waals surface area (Å²) < 4.78 is 16.2. The summed E-state index contributed by atoms with van der Waals surface area (Å²) in [6.45, 7) is 7.82. The first-order valence-corrected chi connectivity index (χ1v) is 9.03. The minimum Gasteiger partial charge on any atom is -0.383 e. The molecule has 0 aromatic heterocycles. The van der Waals surface area contributed by atoms with Gasteiger partial charge < -0.3 is 29.7 Å². The number of hydrogen-bond donors (Lipinski definition) is 2. The smallest absolute Gasteiger partial charge is 0.191 e. The van der Waals surface area contributed by atoms with Crippen LogP contribution in [0.25, 0.3) is 0 Å². The summed E-state index contributed by atoms with van der Waals surface area (Å²) in [5.74, 6) is 1.52. The van der Waals surface area contributed by atoms with E-state index in [2.05, 4.69) is 27.6 Å². The van der Waals surface area contributed by atoms with E-state index in [1.807, 2.05) is 0 Å². The van der Waals surface area contributed by atoms with Gasteiger partial charge in [-0.1, -0.05) is 0 Å². The Morgan fingerprint density at radius 2 is 1.92 bits per heavy atom. The average Bonchev–Trinajstić information content (AvgIpc) is 2.62. The highest BCUT2D eigenvalue weighted by Gasteiger charge is 2.13. The molecule has 2 N–H and O–H groups in total. The number of guanidine groups is 1. The summed E-state index contributed by atoms with van der Waals surface area (Å²) in [7, 11) is 5.61. The van der Waals surface area contributed by atoms with Crippen molar-refractivity contribution < 1.29 is 14.2 Å². The topological polar surface area (TPSA) is 67.4 Å². The van der Waals surface area contributed by atoms with Crippen LogP contribution in [0, 0.1) is 5.92 Å². The summed E-state index contributed by atoms with van der Waals surface area (Å²) in [5.41, 5.74) is 0. The normalized spacial score (nSPS) is 16.6. The van der Waals surface area contributed by atoms with E-state index < -0.39 is 0 Å². The van der Waals surface area contributed by atoms with Gasteiger partial charge >= 0.3 is 0 Å². The molecule has 1 aliphatic heterocycles. The number of methoxy groups -OCH3 is 1. The van der Waals surface area contributed by atoms with Crippen LogP contribution in [0.2, 0.25) is 0 Å². The molecule has 0 aliphatic carbocycles. The quantitative estimate of drug-likeness (QED) is 0.306. The van der Waals surface area contributed by atoms with Crippen LogP contribution in [0.3, 0.4) is 0 Å². The monoisotopic (exact) mass is 344 g/mol. The van der Waals surface area contributed by atoms with Crippen LogP contribution in [-0.2, 0) is 14.2 Å². The van der Waals surface area contributed by atoms with Crippen molar-refractivity contribution in [3.63, 3.8) is 0 Å². The Kier molecular flexibility index (Phi) is 12.7. The van der Waals surface area contributed by atoms with E-state index in [1.54, 1.807) is 14.2 Å². The molecule has 1 fully saturated rings. The third-order valence-electron chi connectivity index (χ3n) is 4.14. The minimum atomic E-state index is 0.677. The van der Waals surface area contributed by atoms with Crippen LogP contribution in [0.15, 0.2) is 4.99 Å². The highest BCUT2D eigenvalue weighted by atomic mass is 16.5. The number of rotatable bonds is 12. The third kappa shape index (κ3) is 10.8. The molecular formula is C17H36N4O3. The molecule has 0 aromatic rings. The average molecular weight is 345 g/mol. The molecule has 24 heavy (non-hydrogen) atoms. The summed E-state index contributed by atoms with van der Waals surface area (Å²) in [4.78, 5) is 6.46. The second kappa shape index (κ2) is 14.5. The highest BCUT2D eigenvalue weighted by molar-refractivity contribution is 5.79. The Balaban J connectivity index is 1.95. The lowest BCUT2D eigenvalue weighted by Crippen LogP contribution is -2.41. The molecule has 0 amide bonds. The van der Waals surface area contributed by atoms with Crippen molar-refractivity contribution in [1.82, 2.24) is 15.5 Å². The molecule has 1 heterocycles. The van der Waals surface area contributed by atoms with Crippen molar-refractivity contribution in [2.75, 3.05) is 80.4 Å². The van der Waals surface area contributed by atoms with Crippen molar-refractivity contribution in [1.29, 1.82) is 0 Å². The van der Waals surface area contributed by atoms with E-state index in [0.717, 1.165) is 84.4 Å².